The number of nitrogens with one attached hydrogen (secondary N) is 2. The Hall–Kier alpha value is -1.10. The first kappa shape index (κ1) is 14.3. The predicted octanol–water partition coefficient (Wildman–Crippen LogP) is 0.647. The smallest absolute Gasteiger partial charge is 0.237 e. The minimum absolute atomic E-state index is 0.0474. The van der Waals surface area contributed by atoms with Crippen LogP contribution in [0.15, 0.2) is 0 Å². The molecule has 0 spiro atoms. The molecule has 5 heteroatoms. The molecule has 5 nitrogen and oxygen atoms in total. The lowest BCUT2D eigenvalue weighted by atomic mass is 10.0. The molecule has 108 valence electrons. The van der Waals surface area contributed by atoms with Gasteiger partial charge in [-0.2, -0.15) is 0 Å². The molecule has 0 aromatic heterocycles. The quantitative estimate of drug-likeness (QED) is 0.786. The minimum Gasteiger partial charge on any atom is -0.354 e. The maximum absolute atomic E-state index is 11.9. The number of piperidine rings is 2. The highest BCUT2D eigenvalue weighted by atomic mass is 16.2. The molecule has 2 aliphatic rings. The van der Waals surface area contributed by atoms with Gasteiger partial charge in [0.25, 0.3) is 0 Å². The number of hydrogen-bond donors (Lipinski definition) is 2. The van der Waals surface area contributed by atoms with Gasteiger partial charge in [0.15, 0.2) is 0 Å². The highest BCUT2D eigenvalue weighted by Crippen LogP contribution is 2.10. The summed E-state index contributed by atoms with van der Waals surface area (Å²) in [5.74, 6) is 0.225. The van der Waals surface area contributed by atoms with Gasteiger partial charge in [-0.3, -0.25) is 9.59 Å². The molecule has 2 saturated heterocycles. The van der Waals surface area contributed by atoms with Crippen LogP contribution >= 0.6 is 0 Å². The summed E-state index contributed by atoms with van der Waals surface area (Å²) in [6.07, 6.45) is 7.06. The van der Waals surface area contributed by atoms with Gasteiger partial charge in [0, 0.05) is 26.1 Å². The second-order valence-electron chi connectivity index (χ2n) is 5.48. The third-order valence-electron chi connectivity index (χ3n) is 3.97. The van der Waals surface area contributed by atoms with E-state index >= 15 is 0 Å². The summed E-state index contributed by atoms with van der Waals surface area (Å²) in [5.41, 5.74) is 0. The van der Waals surface area contributed by atoms with Crippen molar-refractivity contribution in [2.24, 2.45) is 0 Å². The lowest BCUT2D eigenvalue weighted by Crippen LogP contribution is -2.47. The van der Waals surface area contributed by atoms with Crippen molar-refractivity contribution in [2.75, 3.05) is 26.2 Å². The topological polar surface area (TPSA) is 61.4 Å². The van der Waals surface area contributed by atoms with Crippen LogP contribution in [0.3, 0.4) is 0 Å². The average molecular weight is 267 g/mol. The Morgan fingerprint density at radius 3 is 2.58 bits per heavy atom. The van der Waals surface area contributed by atoms with E-state index in [4.69, 9.17) is 0 Å². The van der Waals surface area contributed by atoms with Gasteiger partial charge in [-0.1, -0.05) is 6.42 Å². The number of carbonyl (C=O) groups excluding carboxylic acids is 2. The summed E-state index contributed by atoms with van der Waals surface area (Å²) in [6, 6.07) is -0.0566. The van der Waals surface area contributed by atoms with Gasteiger partial charge in [0.2, 0.25) is 11.8 Å². The molecule has 2 fully saturated rings. The number of amides is 2. The molecular weight excluding hydrogens is 242 g/mol. The molecule has 2 rings (SSSR count). The molecule has 0 bridgehead atoms. The lowest BCUT2D eigenvalue weighted by molar-refractivity contribution is -0.132. The van der Waals surface area contributed by atoms with Gasteiger partial charge < -0.3 is 15.5 Å². The third-order valence-corrected chi connectivity index (χ3v) is 3.97. The summed E-state index contributed by atoms with van der Waals surface area (Å²) in [7, 11) is 0. The summed E-state index contributed by atoms with van der Waals surface area (Å²) in [5, 5.41) is 6.09. The van der Waals surface area contributed by atoms with Crippen molar-refractivity contribution >= 4 is 11.8 Å². The lowest BCUT2D eigenvalue weighted by Gasteiger charge is -2.27. The Bertz CT molecular complexity index is 278. The van der Waals surface area contributed by atoms with E-state index in [0.29, 0.717) is 13.0 Å². The number of carbonyl (C=O) groups is 2. The SMILES string of the molecule is O=C(NCCC(=O)N1CCCCC1)[C@@H]1CCCCN1. The number of rotatable bonds is 4. The van der Waals surface area contributed by atoms with Crippen molar-refractivity contribution in [1.29, 1.82) is 0 Å². The van der Waals surface area contributed by atoms with Gasteiger partial charge in [0.1, 0.15) is 0 Å². The van der Waals surface area contributed by atoms with Crippen molar-refractivity contribution in [2.45, 2.75) is 51.0 Å². The fraction of sp³-hybridized carbons (Fsp3) is 0.857. The molecule has 1 atom stereocenters. The van der Waals surface area contributed by atoms with E-state index in [0.717, 1.165) is 51.7 Å². The Balaban J connectivity index is 1.62. The van der Waals surface area contributed by atoms with Crippen molar-refractivity contribution < 1.29 is 9.59 Å². The molecule has 0 aromatic rings. The minimum atomic E-state index is -0.0566. The van der Waals surface area contributed by atoms with Gasteiger partial charge in [0.05, 0.1) is 6.04 Å². The maximum Gasteiger partial charge on any atom is 0.237 e. The largest absolute Gasteiger partial charge is 0.354 e. The summed E-state index contributed by atoms with van der Waals surface area (Å²) in [4.78, 5) is 25.7. The van der Waals surface area contributed by atoms with Crippen molar-refractivity contribution in [3.8, 4) is 0 Å². The van der Waals surface area contributed by atoms with Crippen LogP contribution in [0.2, 0.25) is 0 Å². The zero-order valence-corrected chi connectivity index (χ0v) is 11.6. The van der Waals surface area contributed by atoms with Crippen LogP contribution in [0.25, 0.3) is 0 Å². The normalized spacial score (nSPS) is 24.0. The average Bonchev–Trinajstić information content (AvgIpc) is 2.49. The Morgan fingerprint density at radius 1 is 1.11 bits per heavy atom. The van der Waals surface area contributed by atoms with Crippen LogP contribution in [0.5, 0.6) is 0 Å². The summed E-state index contributed by atoms with van der Waals surface area (Å²) >= 11 is 0. The van der Waals surface area contributed by atoms with Crippen molar-refractivity contribution in [1.82, 2.24) is 15.5 Å². The highest BCUT2D eigenvalue weighted by Gasteiger charge is 2.21. The molecule has 2 N–H and O–H groups in total. The molecule has 0 aromatic carbocycles. The molecular formula is C14H25N3O2. The van der Waals surface area contributed by atoms with E-state index in [-0.39, 0.29) is 17.9 Å². The second-order valence-corrected chi connectivity index (χ2v) is 5.48. The zero-order chi connectivity index (χ0) is 13.5. The van der Waals surface area contributed by atoms with Crippen LogP contribution in [-0.2, 0) is 9.59 Å². The maximum atomic E-state index is 11.9. The third kappa shape index (κ3) is 4.49. The van der Waals surface area contributed by atoms with Crippen LogP contribution in [0.1, 0.15) is 44.9 Å². The number of nitrogens with zero attached hydrogens (tertiary/aromatic N) is 1. The first-order valence-electron chi connectivity index (χ1n) is 7.56. The van der Waals surface area contributed by atoms with Gasteiger partial charge in [-0.15, -0.1) is 0 Å². The van der Waals surface area contributed by atoms with Crippen LogP contribution in [0, 0.1) is 0 Å². The molecule has 2 aliphatic heterocycles. The predicted molar refractivity (Wildman–Crippen MR) is 73.7 cm³/mol. The zero-order valence-electron chi connectivity index (χ0n) is 11.6. The fourth-order valence-corrected chi connectivity index (χ4v) is 2.79. The van der Waals surface area contributed by atoms with E-state index < -0.39 is 0 Å². The summed E-state index contributed by atoms with van der Waals surface area (Å²) in [6.45, 7) is 3.16. The molecule has 2 amide bonds. The highest BCUT2D eigenvalue weighted by molar-refractivity contribution is 5.82. The van der Waals surface area contributed by atoms with Gasteiger partial charge in [-0.25, -0.2) is 0 Å². The van der Waals surface area contributed by atoms with E-state index in [2.05, 4.69) is 10.6 Å². The molecule has 0 saturated carbocycles. The Labute approximate surface area is 115 Å². The van der Waals surface area contributed by atoms with Gasteiger partial charge in [-0.05, 0) is 38.6 Å². The number of hydrogen-bond acceptors (Lipinski definition) is 3. The Morgan fingerprint density at radius 2 is 1.89 bits per heavy atom. The fourth-order valence-electron chi connectivity index (χ4n) is 2.79. The molecule has 0 radical (unpaired) electrons. The van der Waals surface area contributed by atoms with Crippen LogP contribution in [0.4, 0.5) is 0 Å². The van der Waals surface area contributed by atoms with Crippen molar-refractivity contribution in [3.05, 3.63) is 0 Å². The Kier molecular flexibility index (Phi) is 5.63. The first-order chi connectivity index (χ1) is 9.27. The van der Waals surface area contributed by atoms with E-state index in [1.165, 1.54) is 6.42 Å². The van der Waals surface area contributed by atoms with Gasteiger partial charge >= 0.3 is 0 Å². The van der Waals surface area contributed by atoms with Crippen LogP contribution < -0.4 is 10.6 Å². The molecule has 2 heterocycles. The summed E-state index contributed by atoms with van der Waals surface area (Å²) < 4.78 is 0. The molecule has 0 aliphatic carbocycles. The molecule has 0 unspecified atom stereocenters. The van der Waals surface area contributed by atoms with Crippen LogP contribution in [-0.4, -0.2) is 48.9 Å². The van der Waals surface area contributed by atoms with E-state index in [1.807, 2.05) is 4.90 Å². The van der Waals surface area contributed by atoms with Crippen molar-refractivity contribution in [3.63, 3.8) is 0 Å². The first-order valence-corrected chi connectivity index (χ1v) is 7.56. The van der Waals surface area contributed by atoms with E-state index in [9.17, 15) is 9.59 Å². The monoisotopic (exact) mass is 267 g/mol. The molecule has 19 heavy (non-hydrogen) atoms. The second kappa shape index (κ2) is 7.48. The number of likely N-dealkylation sites (tertiary alicyclic amines) is 1. The van der Waals surface area contributed by atoms with E-state index in [1.54, 1.807) is 0 Å². The standard InChI is InChI=1S/C14H25N3O2/c18-13(17-10-4-1-5-11-17)7-9-16-14(19)12-6-2-3-8-15-12/h12,15H,1-11H2,(H,16,19)/t12-/m0/s1.